The topological polar surface area (TPSA) is 18.5 Å². The summed E-state index contributed by atoms with van der Waals surface area (Å²) < 4.78 is 12.0. The van der Waals surface area contributed by atoms with Gasteiger partial charge in [-0.25, -0.2) is 0 Å². The van der Waals surface area contributed by atoms with Crippen molar-refractivity contribution < 1.29 is 9.47 Å². The Labute approximate surface area is 127 Å². The molecule has 2 heteroatoms. The third-order valence-corrected chi connectivity index (χ3v) is 3.09. The van der Waals surface area contributed by atoms with Gasteiger partial charge in [0.1, 0.15) is 0 Å². The molecule has 0 aliphatic heterocycles. The van der Waals surface area contributed by atoms with Crippen LogP contribution < -0.4 is 0 Å². The smallest absolute Gasteiger partial charge is 0.184 e. The standard InChI is InChI=1S/C19H24O2/c1-14(2)20-19(21-15(3)4)18-13-9-8-12-17(18)16-10-6-5-7-11-16/h5-15,19H,1-4H3. The van der Waals surface area contributed by atoms with Crippen LogP contribution in [0.1, 0.15) is 39.5 Å². The van der Waals surface area contributed by atoms with Gasteiger partial charge in [0.15, 0.2) is 6.29 Å². The number of hydrogen-bond donors (Lipinski definition) is 0. The predicted molar refractivity (Wildman–Crippen MR) is 87.1 cm³/mol. The van der Waals surface area contributed by atoms with Gasteiger partial charge in [0, 0.05) is 5.56 Å². The zero-order chi connectivity index (χ0) is 15.2. The van der Waals surface area contributed by atoms with Crippen LogP contribution in [-0.2, 0) is 9.47 Å². The Morgan fingerprint density at radius 1 is 0.667 bits per heavy atom. The molecule has 2 rings (SSSR count). The molecule has 0 saturated heterocycles. The van der Waals surface area contributed by atoms with Crippen LogP contribution in [0.15, 0.2) is 54.6 Å². The van der Waals surface area contributed by atoms with Gasteiger partial charge < -0.3 is 9.47 Å². The first-order valence-corrected chi connectivity index (χ1v) is 7.53. The number of benzene rings is 2. The minimum absolute atomic E-state index is 0.109. The molecule has 0 bridgehead atoms. The Hall–Kier alpha value is -1.64. The Bertz CT molecular complexity index is 537. The van der Waals surface area contributed by atoms with E-state index in [1.54, 1.807) is 0 Å². The van der Waals surface area contributed by atoms with Gasteiger partial charge in [0.2, 0.25) is 0 Å². The second-order valence-corrected chi connectivity index (χ2v) is 5.65. The van der Waals surface area contributed by atoms with Crippen molar-refractivity contribution >= 4 is 0 Å². The number of ether oxygens (including phenoxy) is 2. The average Bonchev–Trinajstić information content (AvgIpc) is 2.46. The lowest BCUT2D eigenvalue weighted by molar-refractivity contribution is -0.185. The minimum atomic E-state index is -0.346. The zero-order valence-corrected chi connectivity index (χ0v) is 13.2. The quantitative estimate of drug-likeness (QED) is 0.679. The highest BCUT2D eigenvalue weighted by atomic mass is 16.7. The lowest BCUT2D eigenvalue weighted by atomic mass is 9.99. The molecule has 0 saturated carbocycles. The van der Waals surface area contributed by atoms with Gasteiger partial charge in [-0.1, -0.05) is 54.6 Å². The van der Waals surface area contributed by atoms with Crippen LogP contribution in [0, 0.1) is 0 Å². The average molecular weight is 284 g/mol. The van der Waals surface area contributed by atoms with E-state index in [-0.39, 0.29) is 18.5 Å². The van der Waals surface area contributed by atoms with Crippen LogP contribution >= 0.6 is 0 Å². The van der Waals surface area contributed by atoms with E-state index in [9.17, 15) is 0 Å². The first kappa shape index (κ1) is 15.7. The molecule has 0 unspecified atom stereocenters. The normalized spacial score (nSPS) is 11.6. The summed E-state index contributed by atoms with van der Waals surface area (Å²) in [7, 11) is 0. The highest BCUT2D eigenvalue weighted by Crippen LogP contribution is 2.32. The molecule has 0 amide bonds. The molecule has 0 aromatic heterocycles. The zero-order valence-electron chi connectivity index (χ0n) is 13.2. The molecule has 0 fully saturated rings. The largest absolute Gasteiger partial charge is 0.346 e. The fraction of sp³-hybridized carbons (Fsp3) is 0.368. The van der Waals surface area contributed by atoms with Gasteiger partial charge in [-0.05, 0) is 38.8 Å². The molecule has 0 spiro atoms. The van der Waals surface area contributed by atoms with Crippen molar-refractivity contribution in [2.75, 3.05) is 0 Å². The molecule has 0 radical (unpaired) electrons. The van der Waals surface area contributed by atoms with E-state index >= 15 is 0 Å². The summed E-state index contributed by atoms with van der Waals surface area (Å²) >= 11 is 0. The van der Waals surface area contributed by atoms with Crippen LogP contribution in [0.2, 0.25) is 0 Å². The summed E-state index contributed by atoms with van der Waals surface area (Å²) in [6.45, 7) is 8.12. The van der Waals surface area contributed by atoms with Crippen molar-refractivity contribution in [1.82, 2.24) is 0 Å². The molecule has 0 aliphatic rings. The second-order valence-electron chi connectivity index (χ2n) is 5.65. The second kappa shape index (κ2) is 7.39. The Morgan fingerprint density at radius 3 is 1.76 bits per heavy atom. The van der Waals surface area contributed by atoms with E-state index in [0.29, 0.717) is 0 Å². The Morgan fingerprint density at radius 2 is 1.19 bits per heavy atom. The summed E-state index contributed by atoms with van der Waals surface area (Å²) in [6.07, 6.45) is -0.128. The predicted octanol–water partition coefficient (Wildman–Crippen LogP) is 5.20. The molecule has 112 valence electrons. The molecule has 0 atom stereocenters. The minimum Gasteiger partial charge on any atom is -0.346 e. The maximum absolute atomic E-state index is 5.99. The van der Waals surface area contributed by atoms with E-state index in [0.717, 1.165) is 11.1 Å². The van der Waals surface area contributed by atoms with Crippen molar-refractivity contribution in [3.8, 4) is 11.1 Å². The van der Waals surface area contributed by atoms with Crippen LogP contribution in [0.4, 0.5) is 0 Å². The molecular weight excluding hydrogens is 260 g/mol. The third kappa shape index (κ3) is 4.42. The summed E-state index contributed by atoms with van der Waals surface area (Å²) in [5, 5.41) is 0. The van der Waals surface area contributed by atoms with E-state index in [4.69, 9.17) is 9.47 Å². The van der Waals surface area contributed by atoms with Crippen molar-refractivity contribution in [3.05, 3.63) is 60.2 Å². The fourth-order valence-electron chi connectivity index (χ4n) is 2.26. The van der Waals surface area contributed by atoms with Gasteiger partial charge in [0.25, 0.3) is 0 Å². The van der Waals surface area contributed by atoms with Gasteiger partial charge in [-0.2, -0.15) is 0 Å². The van der Waals surface area contributed by atoms with Crippen LogP contribution in [-0.4, -0.2) is 12.2 Å². The maximum Gasteiger partial charge on any atom is 0.184 e. The molecule has 0 aliphatic carbocycles. The molecule has 21 heavy (non-hydrogen) atoms. The van der Waals surface area contributed by atoms with Crippen molar-refractivity contribution in [1.29, 1.82) is 0 Å². The van der Waals surface area contributed by atoms with Gasteiger partial charge in [0.05, 0.1) is 12.2 Å². The van der Waals surface area contributed by atoms with E-state index in [2.05, 4.69) is 24.3 Å². The van der Waals surface area contributed by atoms with Crippen molar-refractivity contribution in [2.45, 2.75) is 46.2 Å². The monoisotopic (exact) mass is 284 g/mol. The molecular formula is C19H24O2. The molecule has 2 aromatic carbocycles. The third-order valence-electron chi connectivity index (χ3n) is 3.09. The van der Waals surface area contributed by atoms with E-state index in [1.807, 2.05) is 58.0 Å². The van der Waals surface area contributed by atoms with Crippen molar-refractivity contribution in [3.63, 3.8) is 0 Å². The summed E-state index contributed by atoms with van der Waals surface area (Å²) in [4.78, 5) is 0. The highest BCUT2D eigenvalue weighted by Gasteiger charge is 2.19. The summed E-state index contributed by atoms with van der Waals surface area (Å²) in [5.74, 6) is 0. The van der Waals surface area contributed by atoms with E-state index < -0.39 is 0 Å². The molecule has 2 nitrogen and oxygen atoms in total. The Balaban J connectivity index is 2.40. The maximum atomic E-state index is 5.99. The van der Waals surface area contributed by atoms with Crippen LogP contribution in [0.5, 0.6) is 0 Å². The summed E-state index contributed by atoms with van der Waals surface area (Å²) in [6, 6.07) is 18.6. The van der Waals surface area contributed by atoms with E-state index in [1.165, 1.54) is 5.56 Å². The lowest BCUT2D eigenvalue weighted by Crippen LogP contribution is -2.18. The van der Waals surface area contributed by atoms with Crippen LogP contribution in [0.25, 0.3) is 11.1 Å². The first-order chi connectivity index (χ1) is 10.1. The number of hydrogen-bond acceptors (Lipinski definition) is 2. The number of rotatable bonds is 6. The Kier molecular flexibility index (Phi) is 5.54. The lowest BCUT2D eigenvalue weighted by Gasteiger charge is -2.25. The first-order valence-electron chi connectivity index (χ1n) is 7.53. The van der Waals surface area contributed by atoms with Gasteiger partial charge >= 0.3 is 0 Å². The van der Waals surface area contributed by atoms with Crippen molar-refractivity contribution in [2.24, 2.45) is 0 Å². The summed E-state index contributed by atoms with van der Waals surface area (Å²) in [5.41, 5.74) is 3.41. The SMILES string of the molecule is CC(C)OC(OC(C)C)c1ccccc1-c1ccccc1. The van der Waals surface area contributed by atoms with Crippen LogP contribution in [0.3, 0.4) is 0 Å². The fourth-order valence-corrected chi connectivity index (χ4v) is 2.26. The molecule has 0 N–H and O–H groups in total. The highest BCUT2D eigenvalue weighted by molar-refractivity contribution is 5.67. The molecule has 0 heterocycles. The van der Waals surface area contributed by atoms with Gasteiger partial charge in [-0.3, -0.25) is 0 Å². The van der Waals surface area contributed by atoms with Gasteiger partial charge in [-0.15, -0.1) is 0 Å². The molecule has 2 aromatic rings.